The first-order valence-corrected chi connectivity index (χ1v) is 5.99. The zero-order valence-electron chi connectivity index (χ0n) is 9.27. The highest BCUT2D eigenvalue weighted by molar-refractivity contribution is 7.80. The fraction of sp³-hybridized carbons (Fsp3) is 0.417. The lowest BCUT2D eigenvalue weighted by molar-refractivity contribution is -0.136. The van der Waals surface area contributed by atoms with Crippen LogP contribution in [0.15, 0.2) is 18.2 Å². The summed E-state index contributed by atoms with van der Waals surface area (Å²) in [6, 6.07) is 5.36. The van der Waals surface area contributed by atoms with Crippen molar-refractivity contribution in [2.24, 2.45) is 5.92 Å². The molecule has 0 saturated carbocycles. The number of aliphatic carboxylic acids is 1. The van der Waals surface area contributed by atoms with Gasteiger partial charge in [0.2, 0.25) is 0 Å². The van der Waals surface area contributed by atoms with Crippen LogP contribution in [-0.2, 0) is 11.2 Å². The molecule has 0 aliphatic carbocycles. The van der Waals surface area contributed by atoms with Gasteiger partial charge in [-0.1, -0.05) is 37.6 Å². The van der Waals surface area contributed by atoms with Crippen molar-refractivity contribution in [1.82, 2.24) is 0 Å². The average molecular weight is 259 g/mol. The van der Waals surface area contributed by atoms with Gasteiger partial charge in [-0.05, 0) is 23.1 Å². The Morgan fingerprint density at radius 1 is 1.50 bits per heavy atom. The summed E-state index contributed by atoms with van der Waals surface area (Å²) in [5.74, 6) is -0.471. The molecule has 0 saturated heterocycles. The third kappa shape index (κ3) is 3.42. The maximum atomic E-state index is 10.5. The molecule has 0 aliphatic rings. The van der Waals surface area contributed by atoms with E-state index in [1.807, 2.05) is 6.07 Å². The van der Waals surface area contributed by atoms with E-state index in [1.165, 1.54) is 0 Å². The minimum absolute atomic E-state index is 0.00107. The number of benzene rings is 1. The lowest BCUT2D eigenvalue weighted by Gasteiger charge is -2.17. The quantitative estimate of drug-likeness (QED) is 0.810. The topological polar surface area (TPSA) is 37.3 Å². The third-order valence-electron chi connectivity index (χ3n) is 2.37. The monoisotopic (exact) mass is 258 g/mol. The molecule has 0 heterocycles. The Balaban J connectivity index is 2.95. The van der Waals surface area contributed by atoms with Crippen LogP contribution < -0.4 is 0 Å². The number of carbonyl (C=O) groups is 1. The summed E-state index contributed by atoms with van der Waals surface area (Å²) in [6.45, 7) is 4.14. The van der Waals surface area contributed by atoms with Gasteiger partial charge < -0.3 is 5.11 Å². The van der Waals surface area contributed by atoms with Gasteiger partial charge in [0.15, 0.2) is 0 Å². The van der Waals surface area contributed by atoms with Crippen LogP contribution in [0.2, 0.25) is 5.02 Å². The van der Waals surface area contributed by atoms with Gasteiger partial charge in [0.05, 0.1) is 6.42 Å². The van der Waals surface area contributed by atoms with Crippen LogP contribution in [0, 0.1) is 5.92 Å². The number of carboxylic acids is 1. The standard InChI is InChI=1S/C12H15ClO2S/c1-7(2)12(16)9-4-3-8(5-10(9)13)6-11(14)15/h3-5,7,12,16H,6H2,1-2H3,(H,14,15). The predicted molar refractivity (Wildman–Crippen MR) is 69.4 cm³/mol. The van der Waals surface area contributed by atoms with E-state index in [9.17, 15) is 4.79 Å². The molecule has 0 aliphatic heterocycles. The van der Waals surface area contributed by atoms with Crippen molar-refractivity contribution >= 4 is 30.2 Å². The highest BCUT2D eigenvalue weighted by Gasteiger charge is 2.14. The van der Waals surface area contributed by atoms with E-state index in [-0.39, 0.29) is 11.7 Å². The van der Waals surface area contributed by atoms with Gasteiger partial charge in [0.25, 0.3) is 0 Å². The largest absolute Gasteiger partial charge is 0.481 e. The summed E-state index contributed by atoms with van der Waals surface area (Å²) in [5, 5.41) is 9.33. The van der Waals surface area contributed by atoms with Gasteiger partial charge in [0.1, 0.15) is 0 Å². The van der Waals surface area contributed by atoms with E-state index in [4.69, 9.17) is 16.7 Å². The lowest BCUT2D eigenvalue weighted by atomic mass is 10.00. The summed E-state index contributed by atoms with van der Waals surface area (Å²) in [6.07, 6.45) is -0.00107. The van der Waals surface area contributed by atoms with Crippen molar-refractivity contribution in [3.8, 4) is 0 Å². The van der Waals surface area contributed by atoms with E-state index in [0.29, 0.717) is 16.5 Å². The minimum atomic E-state index is -0.852. The smallest absolute Gasteiger partial charge is 0.307 e. The third-order valence-corrected chi connectivity index (χ3v) is 3.57. The molecule has 1 aromatic rings. The molecule has 16 heavy (non-hydrogen) atoms. The maximum absolute atomic E-state index is 10.5. The lowest BCUT2D eigenvalue weighted by Crippen LogP contribution is -2.03. The Morgan fingerprint density at radius 2 is 2.12 bits per heavy atom. The van der Waals surface area contributed by atoms with Crippen molar-refractivity contribution in [3.63, 3.8) is 0 Å². The second-order valence-corrected chi connectivity index (χ2v) is 5.08. The first kappa shape index (κ1) is 13.4. The second kappa shape index (κ2) is 5.60. The van der Waals surface area contributed by atoms with E-state index in [1.54, 1.807) is 12.1 Å². The number of carboxylic acid groups (broad SMARTS) is 1. The molecule has 0 bridgehead atoms. The Bertz CT molecular complexity index is 391. The summed E-state index contributed by atoms with van der Waals surface area (Å²) in [4.78, 5) is 10.5. The zero-order valence-corrected chi connectivity index (χ0v) is 10.9. The highest BCUT2D eigenvalue weighted by Crippen LogP contribution is 2.33. The van der Waals surface area contributed by atoms with E-state index < -0.39 is 5.97 Å². The summed E-state index contributed by atoms with van der Waals surface area (Å²) in [5.41, 5.74) is 1.67. The van der Waals surface area contributed by atoms with Crippen molar-refractivity contribution in [2.45, 2.75) is 25.5 Å². The van der Waals surface area contributed by atoms with E-state index in [0.717, 1.165) is 5.56 Å². The fourth-order valence-corrected chi connectivity index (χ4v) is 2.08. The van der Waals surface area contributed by atoms with Gasteiger partial charge in [-0.15, -0.1) is 0 Å². The molecular formula is C12H15ClO2S. The molecule has 1 aromatic carbocycles. The minimum Gasteiger partial charge on any atom is -0.481 e. The van der Waals surface area contributed by atoms with Crippen LogP contribution in [0.4, 0.5) is 0 Å². The molecule has 0 aromatic heterocycles. The van der Waals surface area contributed by atoms with Crippen molar-refractivity contribution in [3.05, 3.63) is 34.3 Å². The van der Waals surface area contributed by atoms with Gasteiger partial charge in [-0.2, -0.15) is 12.6 Å². The fourth-order valence-electron chi connectivity index (χ4n) is 1.45. The molecule has 1 atom stereocenters. The van der Waals surface area contributed by atoms with E-state index in [2.05, 4.69) is 26.5 Å². The molecule has 0 fully saturated rings. The first-order valence-electron chi connectivity index (χ1n) is 5.10. The van der Waals surface area contributed by atoms with E-state index >= 15 is 0 Å². The zero-order chi connectivity index (χ0) is 12.3. The van der Waals surface area contributed by atoms with Crippen LogP contribution in [0.1, 0.15) is 30.2 Å². The van der Waals surface area contributed by atoms with Crippen LogP contribution in [0.3, 0.4) is 0 Å². The first-order chi connectivity index (χ1) is 7.41. The van der Waals surface area contributed by atoms with Crippen LogP contribution in [0.5, 0.6) is 0 Å². The SMILES string of the molecule is CC(C)C(S)c1ccc(CC(=O)O)cc1Cl. The normalized spacial score (nSPS) is 12.8. The second-order valence-electron chi connectivity index (χ2n) is 4.12. The Kier molecular flexibility index (Phi) is 4.69. The maximum Gasteiger partial charge on any atom is 0.307 e. The Morgan fingerprint density at radius 3 is 2.56 bits per heavy atom. The van der Waals surface area contributed by atoms with Crippen LogP contribution >= 0.6 is 24.2 Å². The molecule has 0 amide bonds. The molecular weight excluding hydrogens is 244 g/mol. The van der Waals surface area contributed by atoms with Crippen molar-refractivity contribution in [2.75, 3.05) is 0 Å². The number of hydrogen-bond acceptors (Lipinski definition) is 2. The van der Waals surface area contributed by atoms with Crippen molar-refractivity contribution < 1.29 is 9.90 Å². The predicted octanol–water partition coefficient (Wildman–Crippen LogP) is 3.59. The molecule has 1 rings (SSSR count). The Hall–Kier alpha value is -0.670. The van der Waals surface area contributed by atoms with Crippen molar-refractivity contribution in [1.29, 1.82) is 0 Å². The van der Waals surface area contributed by atoms with Gasteiger partial charge in [-0.25, -0.2) is 0 Å². The van der Waals surface area contributed by atoms with Crippen LogP contribution in [0.25, 0.3) is 0 Å². The van der Waals surface area contributed by atoms with Crippen LogP contribution in [-0.4, -0.2) is 11.1 Å². The molecule has 4 heteroatoms. The van der Waals surface area contributed by atoms with Gasteiger partial charge >= 0.3 is 5.97 Å². The molecule has 88 valence electrons. The average Bonchev–Trinajstić information content (AvgIpc) is 2.15. The number of hydrogen-bond donors (Lipinski definition) is 2. The molecule has 0 spiro atoms. The van der Waals surface area contributed by atoms with Gasteiger partial charge in [0, 0.05) is 10.3 Å². The molecule has 1 N–H and O–H groups in total. The molecule has 1 unspecified atom stereocenters. The molecule has 2 nitrogen and oxygen atoms in total. The summed E-state index contributed by atoms with van der Waals surface area (Å²) in [7, 11) is 0. The Labute approximate surface area is 106 Å². The number of rotatable bonds is 4. The summed E-state index contributed by atoms with van der Waals surface area (Å²) < 4.78 is 0. The number of thiol groups is 1. The van der Waals surface area contributed by atoms with Gasteiger partial charge in [-0.3, -0.25) is 4.79 Å². The number of halogens is 1. The molecule has 0 radical (unpaired) electrons. The highest BCUT2D eigenvalue weighted by atomic mass is 35.5. The summed E-state index contributed by atoms with van der Waals surface area (Å²) >= 11 is 10.6.